The quantitative estimate of drug-likeness (QED) is 0.446. The predicted octanol–water partition coefficient (Wildman–Crippen LogP) is 3.99. The van der Waals surface area contributed by atoms with Crippen LogP contribution in [-0.4, -0.2) is 34.6 Å². The number of rotatable bonds is 9. The second kappa shape index (κ2) is 10.6. The molecular formula is C23H23BrN2O5S. The zero-order valence-corrected chi connectivity index (χ0v) is 19.9. The Kier molecular flexibility index (Phi) is 7.89. The minimum atomic E-state index is -4.04. The number of carbonyl (C=O) groups is 1. The van der Waals surface area contributed by atoms with Crippen molar-refractivity contribution >= 4 is 37.5 Å². The molecule has 32 heavy (non-hydrogen) atoms. The van der Waals surface area contributed by atoms with Gasteiger partial charge in [0, 0.05) is 16.2 Å². The van der Waals surface area contributed by atoms with E-state index in [0.717, 1.165) is 10.0 Å². The number of carbonyl (C=O) groups excluding carboxylic acids is 1. The van der Waals surface area contributed by atoms with Crippen molar-refractivity contribution in [3.05, 3.63) is 82.8 Å². The second-order valence-corrected chi connectivity index (χ2v) is 9.51. The van der Waals surface area contributed by atoms with Crippen molar-refractivity contribution in [1.29, 1.82) is 0 Å². The third-order valence-corrected chi connectivity index (χ3v) is 6.67. The summed E-state index contributed by atoms with van der Waals surface area (Å²) in [5.41, 5.74) is 1.38. The van der Waals surface area contributed by atoms with Crippen molar-refractivity contribution in [2.45, 2.75) is 17.4 Å². The van der Waals surface area contributed by atoms with Gasteiger partial charge in [-0.05, 0) is 48.4 Å². The molecule has 3 aromatic rings. The van der Waals surface area contributed by atoms with Crippen LogP contribution in [0.25, 0.3) is 0 Å². The summed E-state index contributed by atoms with van der Waals surface area (Å²) in [7, 11) is -1.15. The number of ether oxygens (including phenoxy) is 2. The topological polar surface area (TPSA) is 93.7 Å². The van der Waals surface area contributed by atoms with Crippen molar-refractivity contribution in [2.75, 3.05) is 19.5 Å². The summed E-state index contributed by atoms with van der Waals surface area (Å²) in [6.45, 7) is 0. The highest BCUT2D eigenvalue weighted by atomic mass is 79.9. The van der Waals surface area contributed by atoms with Gasteiger partial charge >= 0.3 is 0 Å². The first-order valence-electron chi connectivity index (χ1n) is 9.67. The first-order valence-corrected chi connectivity index (χ1v) is 11.9. The smallest absolute Gasteiger partial charge is 0.242 e. The molecule has 1 amide bonds. The lowest BCUT2D eigenvalue weighted by molar-refractivity contribution is -0.117. The first-order chi connectivity index (χ1) is 15.3. The third kappa shape index (κ3) is 6.09. The van der Waals surface area contributed by atoms with E-state index in [0.29, 0.717) is 11.4 Å². The van der Waals surface area contributed by atoms with Crippen LogP contribution in [0.4, 0.5) is 5.69 Å². The maximum atomic E-state index is 13.1. The minimum Gasteiger partial charge on any atom is -0.493 e. The van der Waals surface area contributed by atoms with Crippen LogP contribution in [-0.2, 0) is 21.2 Å². The number of halogens is 1. The van der Waals surface area contributed by atoms with Crippen molar-refractivity contribution < 1.29 is 22.7 Å². The second-order valence-electron chi connectivity index (χ2n) is 6.88. The number of amides is 1. The molecule has 0 bridgehead atoms. The molecule has 0 radical (unpaired) electrons. The maximum absolute atomic E-state index is 13.1. The summed E-state index contributed by atoms with van der Waals surface area (Å²) >= 11 is 3.35. The van der Waals surface area contributed by atoms with E-state index in [1.807, 2.05) is 30.3 Å². The average molecular weight is 519 g/mol. The van der Waals surface area contributed by atoms with Gasteiger partial charge < -0.3 is 14.8 Å². The molecule has 0 aliphatic carbocycles. The van der Waals surface area contributed by atoms with Gasteiger partial charge in [-0.25, -0.2) is 8.42 Å². The standard InChI is InChI=1S/C23H23BrN2O5S/c1-30-21-13-12-19(15-22(21)31-2)32(28,29)26-20(14-16-6-4-3-5-7-16)23(27)25-18-10-8-17(24)9-11-18/h3-13,15,20,26H,14H2,1-2H3,(H,25,27). The average Bonchev–Trinajstić information content (AvgIpc) is 2.80. The largest absolute Gasteiger partial charge is 0.493 e. The van der Waals surface area contributed by atoms with Gasteiger partial charge in [0.2, 0.25) is 15.9 Å². The van der Waals surface area contributed by atoms with Gasteiger partial charge in [0.15, 0.2) is 11.5 Å². The number of hydrogen-bond acceptors (Lipinski definition) is 5. The number of anilines is 1. The number of methoxy groups -OCH3 is 2. The van der Waals surface area contributed by atoms with E-state index in [1.165, 1.54) is 32.4 Å². The van der Waals surface area contributed by atoms with E-state index in [4.69, 9.17) is 9.47 Å². The molecule has 1 atom stereocenters. The molecule has 2 N–H and O–H groups in total. The van der Waals surface area contributed by atoms with Crippen LogP contribution >= 0.6 is 15.9 Å². The lowest BCUT2D eigenvalue weighted by Crippen LogP contribution is -2.45. The van der Waals surface area contributed by atoms with Crippen LogP contribution in [0.1, 0.15) is 5.56 Å². The third-order valence-electron chi connectivity index (χ3n) is 4.67. The molecule has 0 heterocycles. The Hall–Kier alpha value is -2.88. The Morgan fingerprint density at radius 3 is 2.22 bits per heavy atom. The minimum absolute atomic E-state index is 0.0374. The van der Waals surface area contributed by atoms with E-state index < -0.39 is 22.0 Å². The molecule has 0 aromatic heterocycles. The Bertz CT molecular complexity index is 1170. The molecule has 0 saturated carbocycles. The molecule has 0 saturated heterocycles. The SMILES string of the molecule is COc1ccc(S(=O)(=O)NC(Cc2ccccc2)C(=O)Nc2ccc(Br)cc2)cc1OC. The summed E-state index contributed by atoms with van der Waals surface area (Å²) in [6.07, 6.45) is 0.176. The van der Waals surface area contributed by atoms with E-state index in [9.17, 15) is 13.2 Å². The molecule has 0 aliphatic rings. The number of nitrogens with one attached hydrogen (secondary N) is 2. The van der Waals surface area contributed by atoms with Crippen molar-refractivity contribution in [3.63, 3.8) is 0 Å². The van der Waals surface area contributed by atoms with Gasteiger partial charge in [-0.1, -0.05) is 46.3 Å². The fraction of sp³-hybridized carbons (Fsp3) is 0.174. The van der Waals surface area contributed by atoms with Crippen LogP contribution in [0.5, 0.6) is 11.5 Å². The van der Waals surface area contributed by atoms with E-state index in [2.05, 4.69) is 26.0 Å². The van der Waals surface area contributed by atoms with E-state index >= 15 is 0 Å². The zero-order valence-electron chi connectivity index (χ0n) is 17.5. The Labute approximate surface area is 195 Å². The molecule has 0 fully saturated rings. The lowest BCUT2D eigenvalue weighted by atomic mass is 10.1. The van der Waals surface area contributed by atoms with Crippen molar-refractivity contribution in [1.82, 2.24) is 4.72 Å². The molecule has 3 rings (SSSR count). The van der Waals surface area contributed by atoms with Crippen LogP contribution in [0.2, 0.25) is 0 Å². The first kappa shape index (κ1) is 23.8. The summed E-state index contributed by atoms with van der Waals surface area (Å²) in [5, 5.41) is 2.77. The molecular weight excluding hydrogens is 496 g/mol. The highest BCUT2D eigenvalue weighted by molar-refractivity contribution is 9.10. The summed E-state index contributed by atoms with van der Waals surface area (Å²) in [6, 6.07) is 19.4. The highest BCUT2D eigenvalue weighted by Gasteiger charge is 2.27. The predicted molar refractivity (Wildman–Crippen MR) is 127 cm³/mol. The lowest BCUT2D eigenvalue weighted by Gasteiger charge is -2.19. The Morgan fingerprint density at radius 1 is 0.938 bits per heavy atom. The summed E-state index contributed by atoms with van der Waals surface area (Å²) in [5.74, 6) is 0.204. The number of sulfonamides is 1. The van der Waals surface area contributed by atoms with Gasteiger partial charge in [-0.3, -0.25) is 4.79 Å². The van der Waals surface area contributed by atoms with E-state index in [-0.39, 0.29) is 17.1 Å². The van der Waals surface area contributed by atoms with Gasteiger partial charge in [-0.2, -0.15) is 4.72 Å². The summed E-state index contributed by atoms with van der Waals surface area (Å²) < 4.78 is 40.0. The summed E-state index contributed by atoms with van der Waals surface area (Å²) in [4.78, 5) is 13.0. The highest BCUT2D eigenvalue weighted by Crippen LogP contribution is 2.29. The number of benzene rings is 3. The monoisotopic (exact) mass is 518 g/mol. The van der Waals surface area contributed by atoms with Crippen LogP contribution < -0.4 is 19.5 Å². The molecule has 1 unspecified atom stereocenters. The van der Waals surface area contributed by atoms with E-state index in [1.54, 1.807) is 24.3 Å². The molecule has 3 aromatic carbocycles. The molecule has 7 nitrogen and oxygen atoms in total. The molecule has 168 valence electrons. The van der Waals surface area contributed by atoms with Crippen molar-refractivity contribution in [3.8, 4) is 11.5 Å². The molecule has 0 aliphatic heterocycles. The van der Waals surface area contributed by atoms with Gasteiger partial charge in [-0.15, -0.1) is 0 Å². The Morgan fingerprint density at radius 2 is 1.59 bits per heavy atom. The molecule has 9 heteroatoms. The fourth-order valence-electron chi connectivity index (χ4n) is 3.04. The van der Waals surface area contributed by atoms with Crippen LogP contribution in [0.3, 0.4) is 0 Å². The van der Waals surface area contributed by atoms with Gasteiger partial charge in [0.1, 0.15) is 6.04 Å². The fourth-order valence-corrected chi connectivity index (χ4v) is 4.51. The van der Waals surface area contributed by atoms with Crippen molar-refractivity contribution in [2.24, 2.45) is 0 Å². The number of hydrogen-bond donors (Lipinski definition) is 2. The molecule has 0 spiro atoms. The maximum Gasteiger partial charge on any atom is 0.242 e. The van der Waals surface area contributed by atoms with Crippen LogP contribution in [0, 0.1) is 0 Å². The van der Waals surface area contributed by atoms with Gasteiger partial charge in [0.25, 0.3) is 0 Å². The zero-order chi connectivity index (χ0) is 23.1. The normalized spacial score (nSPS) is 12.1. The van der Waals surface area contributed by atoms with Crippen LogP contribution in [0.15, 0.2) is 82.2 Å². The van der Waals surface area contributed by atoms with Gasteiger partial charge in [0.05, 0.1) is 19.1 Å². The Balaban J connectivity index is 1.88.